The molecule has 0 spiro atoms. The zero-order chi connectivity index (χ0) is 20.5. The number of nitrogens with zero attached hydrogens (tertiary/aromatic N) is 3. The van der Waals surface area contributed by atoms with E-state index in [1.807, 2.05) is 24.3 Å². The molecular weight excluding hydrogens is 384 g/mol. The molecule has 0 amide bonds. The number of halogens is 2. The summed E-state index contributed by atoms with van der Waals surface area (Å²) >= 11 is 0. The zero-order valence-corrected chi connectivity index (χ0v) is 16.4. The largest absolute Gasteiger partial charge is 0.460 e. The molecule has 0 radical (unpaired) electrons. The molecule has 1 fully saturated rings. The minimum Gasteiger partial charge on any atom is -0.460 e. The molecule has 1 aliphatic heterocycles. The Hall–Kier alpha value is -3.15. The first-order chi connectivity index (χ1) is 14.7. The highest BCUT2D eigenvalue weighted by atomic mass is 19.1. The van der Waals surface area contributed by atoms with Crippen LogP contribution in [-0.4, -0.2) is 21.8 Å². The molecule has 1 saturated carbocycles. The Morgan fingerprint density at radius 3 is 2.17 bits per heavy atom. The van der Waals surface area contributed by atoms with Crippen LogP contribution in [0.2, 0.25) is 0 Å². The quantitative estimate of drug-likeness (QED) is 0.549. The van der Waals surface area contributed by atoms with Crippen molar-refractivity contribution in [2.75, 3.05) is 0 Å². The summed E-state index contributed by atoms with van der Waals surface area (Å²) in [5.74, 6) is -1.12. The molecular formula is C24H21F2N3O. The van der Waals surface area contributed by atoms with E-state index in [2.05, 4.69) is 15.0 Å². The standard InChI is InChI=1S/C24H21F2N3O/c25-19-5-2-6-20(26)23(19)22-12-11-21(29-22)16-9-7-15(8-10-16)17-13-27-24(28-14-17)30-18-3-1-4-18/h2,5-10,13-14,18,21H,1,3-4,11-12H2. The molecule has 5 rings (SSSR count). The van der Waals surface area contributed by atoms with Gasteiger partial charge in [0.1, 0.15) is 17.7 Å². The van der Waals surface area contributed by atoms with Gasteiger partial charge in [0, 0.05) is 23.7 Å². The van der Waals surface area contributed by atoms with E-state index in [1.54, 1.807) is 12.4 Å². The second-order valence-electron chi connectivity index (χ2n) is 7.77. The van der Waals surface area contributed by atoms with Crippen LogP contribution >= 0.6 is 0 Å². The SMILES string of the molecule is Fc1cccc(F)c1C1=NC(c2ccc(-c3cnc(OC4CCC4)nc3)cc2)CC1. The average Bonchev–Trinajstić information content (AvgIpc) is 3.21. The van der Waals surface area contributed by atoms with E-state index in [1.165, 1.54) is 24.6 Å². The summed E-state index contributed by atoms with van der Waals surface area (Å²) < 4.78 is 33.8. The van der Waals surface area contributed by atoms with Crippen molar-refractivity contribution in [2.24, 2.45) is 4.99 Å². The van der Waals surface area contributed by atoms with E-state index in [-0.39, 0.29) is 17.7 Å². The van der Waals surface area contributed by atoms with Crippen LogP contribution in [0.25, 0.3) is 11.1 Å². The van der Waals surface area contributed by atoms with Gasteiger partial charge in [0.15, 0.2) is 0 Å². The van der Waals surface area contributed by atoms with Gasteiger partial charge in [0.05, 0.1) is 11.6 Å². The first-order valence-corrected chi connectivity index (χ1v) is 10.3. The van der Waals surface area contributed by atoms with E-state index < -0.39 is 11.6 Å². The Balaban J connectivity index is 1.31. The van der Waals surface area contributed by atoms with Crippen LogP contribution in [0.4, 0.5) is 8.78 Å². The summed E-state index contributed by atoms with van der Waals surface area (Å²) in [6.45, 7) is 0. The zero-order valence-electron chi connectivity index (χ0n) is 16.4. The van der Waals surface area contributed by atoms with Gasteiger partial charge in [-0.25, -0.2) is 18.7 Å². The number of hydrogen-bond donors (Lipinski definition) is 0. The highest BCUT2D eigenvalue weighted by Gasteiger charge is 2.24. The summed E-state index contributed by atoms with van der Waals surface area (Å²) in [5, 5.41) is 0. The Kier molecular flexibility index (Phi) is 4.99. The molecule has 152 valence electrons. The van der Waals surface area contributed by atoms with Crippen molar-refractivity contribution in [1.29, 1.82) is 0 Å². The normalized spacial score (nSPS) is 18.7. The van der Waals surface area contributed by atoms with Crippen molar-refractivity contribution < 1.29 is 13.5 Å². The first-order valence-electron chi connectivity index (χ1n) is 10.3. The molecule has 2 heterocycles. The number of hydrogen-bond acceptors (Lipinski definition) is 4. The maximum atomic E-state index is 14.1. The van der Waals surface area contributed by atoms with Gasteiger partial charge in [-0.2, -0.15) is 0 Å². The van der Waals surface area contributed by atoms with Crippen LogP contribution in [0.1, 0.15) is 49.3 Å². The van der Waals surface area contributed by atoms with E-state index in [0.29, 0.717) is 18.1 Å². The fraction of sp³-hybridized carbons (Fsp3) is 0.292. The van der Waals surface area contributed by atoms with Gasteiger partial charge in [-0.1, -0.05) is 30.3 Å². The van der Waals surface area contributed by atoms with Gasteiger partial charge in [-0.05, 0) is 55.4 Å². The molecule has 1 aromatic heterocycles. The third-order valence-corrected chi connectivity index (χ3v) is 5.80. The van der Waals surface area contributed by atoms with Crippen molar-refractivity contribution in [3.63, 3.8) is 0 Å². The Morgan fingerprint density at radius 1 is 0.833 bits per heavy atom. The molecule has 0 saturated heterocycles. The lowest BCUT2D eigenvalue weighted by Gasteiger charge is -2.24. The van der Waals surface area contributed by atoms with Crippen LogP contribution in [0, 0.1) is 11.6 Å². The molecule has 4 nitrogen and oxygen atoms in total. The molecule has 0 bridgehead atoms. The highest BCUT2D eigenvalue weighted by molar-refractivity contribution is 6.02. The number of aromatic nitrogens is 2. The number of rotatable bonds is 5. The van der Waals surface area contributed by atoms with Crippen molar-refractivity contribution >= 4 is 5.71 Å². The van der Waals surface area contributed by atoms with Crippen molar-refractivity contribution in [3.8, 4) is 17.1 Å². The lowest BCUT2D eigenvalue weighted by molar-refractivity contribution is 0.108. The van der Waals surface area contributed by atoms with Crippen molar-refractivity contribution in [2.45, 2.75) is 44.2 Å². The van der Waals surface area contributed by atoms with Gasteiger partial charge in [-0.15, -0.1) is 0 Å². The van der Waals surface area contributed by atoms with Gasteiger partial charge < -0.3 is 4.74 Å². The topological polar surface area (TPSA) is 47.4 Å². The molecule has 1 unspecified atom stereocenters. The lowest BCUT2D eigenvalue weighted by atomic mass is 9.96. The molecule has 30 heavy (non-hydrogen) atoms. The van der Waals surface area contributed by atoms with Gasteiger partial charge in [-0.3, -0.25) is 4.99 Å². The Labute approximate surface area is 173 Å². The van der Waals surface area contributed by atoms with E-state index in [0.717, 1.165) is 36.0 Å². The molecule has 1 aliphatic carbocycles. The van der Waals surface area contributed by atoms with Crippen molar-refractivity contribution in [3.05, 3.63) is 77.6 Å². The van der Waals surface area contributed by atoms with Crippen LogP contribution in [0.5, 0.6) is 6.01 Å². The number of benzene rings is 2. The van der Waals surface area contributed by atoms with E-state index in [9.17, 15) is 8.78 Å². The lowest BCUT2D eigenvalue weighted by Crippen LogP contribution is -2.25. The third-order valence-electron chi connectivity index (χ3n) is 5.80. The van der Waals surface area contributed by atoms with E-state index >= 15 is 0 Å². The van der Waals surface area contributed by atoms with Crippen LogP contribution in [-0.2, 0) is 0 Å². The fourth-order valence-corrected chi connectivity index (χ4v) is 3.86. The maximum Gasteiger partial charge on any atom is 0.316 e. The van der Waals surface area contributed by atoms with Crippen molar-refractivity contribution in [1.82, 2.24) is 9.97 Å². The highest BCUT2D eigenvalue weighted by Crippen LogP contribution is 2.33. The monoisotopic (exact) mass is 405 g/mol. The molecule has 3 aromatic rings. The predicted octanol–water partition coefficient (Wildman–Crippen LogP) is 5.68. The second-order valence-corrected chi connectivity index (χ2v) is 7.77. The fourth-order valence-electron chi connectivity index (χ4n) is 3.86. The Morgan fingerprint density at radius 2 is 1.53 bits per heavy atom. The summed E-state index contributed by atoms with van der Waals surface area (Å²) in [7, 11) is 0. The maximum absolute atomic E-state index is 14.1. The molecule has 6 heteroatoms. The number of ether oxygens (including phenoxy) is 1. The molecule has 2 aromatic carbocycles. The Bertz CT molecular complexity index is 1060. The predicted molar refractivity (Wildman–Crippen MR) is 111 cm³/mol. The van der Waals surface area contributed by atoms with Crippen LogP contribution in [0.3, 0.4) is 0 Å². The molecule has 0 N–H and O–H groups in total. The smallest absolute Gasteiger partial charge is 0.316 e. The molecule has 2 aliphatic rings. The van der Waals surface area contributed by atoms with E-state index in [4.69, 9.17) is 4.74 Å². The average molecular weight is 405 g/mol. The van der Waals surface area contributed by atoms with Gasteiger partial charge in [0.25, 0.3) is 0 Å². The number of aliphatic imine (C=N–C) groups is 1. The first kappa shape index (κ1) is 18.9. The van der Waals surface area contributed by atoms with Gasteiger partial charge >= 0.3 is 6.01 Å². The molecule has 1 atom stereocenters. The minimum absolute atomic E-state index is 0.00187. The summed E-state index contributed by atoms with van der Waals surface area (Å²) in [6, 6.07) is 12.2. The summed E-state index contributed by atoms with van der Waals surface area (Å²) in [4.78, 5) is 13.2. The van der Waals surface area contributed by atoms with Gasteiger partial charge in [0.2, 0.25) is 0 Å². The minimum atomic E-state index is -0.561. The van der Waals surface area contributed by atoms with Crippen LogP contribution < -0.4 is 4.74 Å². The summed E-state index contributed by atoms with van der Waals surface area (Å²) in [6.07, 6.45) is 8.43. The second kappa shape index (κ2) is 7.94. The third kappa shape index (κ3) is 3.70. The summed E-state index contributed by atoms with van der Waals surface area (Å²) in [5.41, 5.74) is 3.42. The van der Waals surface area contributed by atoms with Crippen LogP contribution in [0.15, 0.2) is 59.9 Å².